The third-order valence-electron chi connectivity index (χ3n) is 3.14. The van der Waals surface area contributed by atoms with Gasteiger partial charge in [0.15, 0.2) is 6.10 Å². The SMILES string of the molecule is CC(OC(=O)c1ccc(Cl)c([N+](=O)[O-])c1)C(=O)Nc1ccc(Cl)cc1. The largest absolute Gasteiger partial charge is 0.449 e. The third-order valence-corrected chi connectivity index (χ3v) is 3.71. The van der Waals surface area contributed by atoms with E-state index in [9.17, 15) is 19.7 Å². The third kappa shape index (κ3) is 4.91. The van der Waals surface area contributed by atoms with Gasteiger partial charge in [0.05, 0.1) is 10.5 Å². The first-order valence-corrected chi connectivity index (χ1v) is 7.75. The van der Waals surface area contributed by atoms with Gasteiger partial charge in [0.2, 0.25) is 0 Å². The van der Waals surface area contributed by atoms with Crippen molar-refractivity contribution in [2.24, 2.45) is 0 Å². The van der Waals surface area contributed by atoms with Crippen LogP contribution >= 0.6 is 23.2 Å². The van der Waals surface area contributed by atoms with Crippen molar-refractivity contribution in [3.63, 3.8) is 0 Å². The van der Waals surface area contributed by atoms with Crippen molar-refractivity contribution < 1.29 is 19.2 Å². The normalized spacial score (nSPS) is 11.5. The lowest BCUT2D eigenvalue weighted by molar-refractivity contribution is -0.384. The molecule has 0 spiro atoms. The maximum absolute atomic E-state index is 12.1. The van der Waals surface area contributed by atoms with E-state index in [2.05, 4.69) is 5.32 Å². The summed E-state index contributed by atoms with van der Waals surface area (Å²) in [6.45, 7) is 1.38. The van der Waals surface area contributed by atoms with Crippen LogP contribution in [0.1, 0.15) is 17.3 Å². The number of benzene rings is 2. The number of rotatable bonds is 5. The molecule has 0 saturated heterocycles. The highest BCUT2D eigenvalue weighted by Crippen LogP contribution is 2.25. The van der Waals surface area contributed by atoms with Crippen molar-refractivity contribution in [2.45, 2.75) is 13.0 Å². The monoisotopic (exact) mass is 382 g/mol. The molecule has 9 heteroatoms. The number of halogens is 2. The number of carbonyl (C=O) groups excluding carboxylic acids is 2. The average molecular weight is 383 g/mol. The van der Waals surface area contributed by atoms with Gasteiger partial charge in [-0.3, -0.25) is 14.9 Å². The Morgan fingerprint density at radius 3 is 2.40 bits per heavy atom. The Morgan fingerprint density at radius 2 is 1.80 bits per heavy atom. The Bertz CT molecular complexity index is 824. The molecule has 1 amide bonds. The van der Waals surface area contributed by atoms with Crippen LogP contribution in [-0.2, 0) is 9.53 Å². The number of hydrogen-bond acceptors (Lipinski definition) is 5. The Kier molecular flexibility index (Phi) is 5.95. The van der Waals surface area contributed by atoms with E-state index in [1.54, 1.807) is 24.3 Å². The summed E-state index contributed by atoms with van der Waals surface area (Å²) in [5.74, 6) is -1.43. The van der Waals surface area contributed by atoms with Gasteiger partial charge in [-0.25, -0.2) is 4.79 Å². The summed E-state index contributed by atoms with van der Waals surface area (Å²) in [6, 6.07) is 9.88. The van der Waals surface area contributed by atoms with Gasteiger partial charge in [0.25, 0.3) is 11.6 Å². The Morgan fingerprint density at radius 1 is 1.16 bits per heavy atom. The molecule has 0 saturated carbocycles. The van der Waals surface area contributed by atoms with Gasteiger partial charge < -0.3 is 10.1 Å². The minimum absolute atomic E-state index is 0.0813. The fourth-order valence-corrected chi connectivity index (χ4v) is 2.15. The number of anilines is 1. The second kappa shape index (κ2) is 7.96. The van der Waals surface area contributed by atoms with Crippen LogP contribution in [0, 0.1) is 10.1 Å². The van der Waals surface area contributed by atoms with E-state index in [-0.39, 0.29) is 10.6 Å². The van der Waals surface area contributed by atoms with Crippen LogP contribution < -0.4 is 5.32 Å². The molecule has 2 aromatic carbocycles. The molecule has 7 nitrogen and oxygen atoms in total. The molecule has 2 rings (SSSR count). The zero-order chi connectivity index (χ0) is 18.6. The molecule has 2 aromatic rings. The van der Waals surface area contributed by atoms with Crippen molar-refractivity contribution in [3.8, 4) is 0 Å². The van der Waals surface area contributed by atoms with E-state index in [0.29, 0.717) is 10.7 Å². The molecule has 0 aliphatic rings. The van der Waals surface area contributed by atoms with Crippen LogP contribution in [0.25, 0.3) is 0 Å². The first-order valence-electron chi connectivity index (χ1n) is 6.99. The van der Waals surface area contributed by atoms with Crippen molar-refractivity contribution in [3.05, 3.63) is 68.2 Å². The molecule has 0 aromatic heterocycles. The van der Waals surface area contributed by atoms with Crippen molar-refractivity contribution in [2.75, 3.05) is 5.32 Å². The lowest BCUT2D eigenvalue weighted by Crippen LogP contribution is -2.30. The topological polar surface area (TPSA) is 98.5 Å². The Labute approximate surface area is 152 Å². The molecule has 0 aliphatic heterocycles. The molecular formula is C16H12Cl2N2O5. The molecule has 0 aliphatic carbocycles. The molecule has 0 fully saturated rings. The van der Waals surface area contributed by atoms with Crippen LogP contribution in [0.4, 0.5) is 11.4 Å². The molecule has 0 bridgehead atoms. The van der Waals surface area contributed by atoms with Gasteiger partial charge in [-0.05, 0) is 43.3 Å². The fourth-order valence-electron chi connectivity index (χ4n) is 1.84. The van der Waals surface area contributed by atoms with Gasteiger partial charge in [-0.1, -0.05) is 23.2 Å². The van der Waals surface area contributed by atoms with Gasteiger partial charge >= 0.3 is 5.97 Å². The summed E-state index contributed by atoms with van der Waals surface area (Å²) in [7, 11) is 0. The van der Waals surface area contributed by atoms with E-state index in [4.69, 9.17) is 27.9 Å². The van der Waals surface area contributed by atoms with E-state index >= 15 is 0 Å². The number of amides is 1. The van der Waals surface area contributed by atoms with Gasteiger partial charge in [0.1, 0.15) is 5.02 Å². The average Bonchev–Trinajstić information content (AvgIpc) is 2.56. The molecule has 1 atom stereocenters. The number of nitro groups is 1. The standard InChI is InChI=1S/C16H12Cl2N2O5/c1-9(15(21)19-12-5-3-11(17)4-6-12)25-16(22)10-2-7-13(18)14(8-10)20(23)24/h2-9H,1H3,(H,19,21). The smallest absolute Gasteiger partial charge is 0.339 e. The van der Waals surface area contributed by atoms with Crippen molar-refractivity contribution in [1.82, 2.24) is 0 Å². The highest BCUT2D eigenvalue weighted by molar-refractivity contribution is 6.32. The molecule has 0 heterocycles. The predicted octanol–water partition coefficient (Wildman–Crippen LogP) is 4.09. The van der Waals surface area contributed by atoms with Gasteiger partial charge in [-0.15, -0.1) is 0 Å². The maximum Gasteiger partial charge on any atom is 0.339 e. The number of hydrogen-bond donors (Lipinski definition) is 1. The number of nitro benzene ring substituents is 1. The lowest BCUT2D eigenvalue weighted by atomic mass is 10.2. The van der Waals surface area contributed by atoms with E-state index in [0.717, 1.165) is 6.07 Å². The van der Waals surface area contributed by atoms with Crippen LogP contribution in [0.15, 0.2) is 42.5 Å². The Balaban J connectivity index is 2.04. The van der Waals surface area contributed by atoms with E-state index in [1.807, 2.05) is 0 Å². The number of nitrogens with zero attached hydrogens (tertiary/aromatic N) is 1. The maximum atomic E-state index is 12.1. The summed E-state index contributed by atoms with van der Waals surface area (Å²) in [6.07, 6.45) is -1.11. The van der Waals surface area contributed by atoms with Gasteiger partial charge in [-0.2, -0.15) is 0 Å². The summed E-state index contributed by atoms with van der Waals surface area (Å²) < 4.78 is 5.03. The zero-order valence-corrected chi connectivity index (χ0v) is 14.4. The minimum atomic E-state index is -1.11. The first-order chi connectivity index (χ1) is 11.8. The molecule has 1 unspecified atom stereocenters. The van der Waals surface area contributed by atoms with Crippen LogP contribution in [0.2, 0.25) is 10.0 Å². The molecule has 1 N–H and O–H groups in total. The van der Waals surface area contributed by atoms with Crippen molar-refractivity contribution in [1.29, 1.82) is 0 Å². The summed E-state index contributed by atoms with van der Waals surface area (Å²) >= 11 is 11.4. The predicted molar refractivity (Wildman–Crippen MR) is 93.1 cm³/mol. The van der Waals surface area contributed by atoms with Crippen molar-refractivity contribution >= 4 is 46.5 Å². The highest BCUT2D eigenvalue weighted by Gasteiger charge is 2.22. The van der Waals surface area contributed by atoms with Crippen LogP contribution in [0.5, 0.6) is 0 Å². The fraction of sp³-hybridized carbons (Fsp3) is 0.125. The zero-order valence-electron chi connectivity index (χ0n) is 12.9. The van der Waals surface area contributed by atoms with Crippen LogP contribution in [0.3, 0.4) is 0 Å². The molecule has 25 heavy (non-hydrogen) atoms. The van der Waals surface area contributed by atoms with E-state index in [1.165, 1.54) is 19.1 Å². The molecular weight excluding hydrogens is 371 g/mol. The summed E-state index contributed by atoms with van der Waals surface area (Å²) in [5, 5.41) is 13.8. The number of ether oxygens (including phenoxy) is 1. The van der Waals surface area contributed by atoms with E-state index < -0.39 is 28.6 Å². The lowest BCUT2D eigenvalue weighted by Gasteiger charge is -2.13. The Hall–Kier alpha value is -2.64. The number of carbonyl (C=O) groups is 2. The number of nitrogens with one attached hydrogen (secondary N) is 1. The number of esters is 1. The molecule has 0 radical (unpaired) electrons. The van der Waals surface area contributed by atoms with Crippen LogP contribution in [-0.4, -0.2) is 22.9 Å². The quantitative estimate of drug-likeness (QED) is 0.477. The highest BCUT2D eigenvalue weighted by atomic mass is 35.5. The first kappa shape index (κ1) is 18.7. The molecule has 130 valence electrons. The summed E-state index contributed by atoms with van der Waals surface area (Å²) in [5.41, 5.74) is -0.0175. The summed E-state index contributed by atoms with van der Waals surface area (Å²) in [4.78, 5) is 34.2. The van der Waals surface area contributed by atoms with Gasteiger partial charge in [0, 0.05) is 16.8 Å². The second-order valence-electron chi connectivity index (χ2n) is 4.97. The second-order valence-corrected chi connectivity index (χ2v) is 5.81. The minimum Gasteiger partial charge on any atom is -0.449 e.